The molecule has 0 spiro atoms. The van der Waals surface area contributed by atoms with E-state index >= 15 is 0 Å². The van der Waals surface area contributed by atoms with Crippen LogP contribution in [0.2, 0.25) is 0 Å². The molecule has 3 aromatic rings. The summed E-state index contributed by atoms with van der Waals surface area (Å²) >= 11 is 6.64. The number of nitrogens with one attached hydrogen (secondary N) is 1. The van der Waals surface area contributed by atoms with E-state index in [-0.39, 0.29) is 17.0 Å². The van der Waals surface area contributed by atoms with Crippen molar-refractivity contribution in [1.82, 2.24) is 5.43 Å². The molecule has 9 heteroatoms. The predicted octanol–water partition coefficient (Wildman–Crippen LogP) is 5.19. The molecule has 0 saturated carbocycles. The molecule has 2 N–H and O–H groups in total. The van der Waals surface area contributed by atoms with Gasteiger partial charge in [-0.25, -0.2) is 5.43 Å². The standard InChI is InChI=1S/C25H16Br2N4O3/c26-17-9-5-15(6-10-17)20(13-28)23(30-31-25(34)19-3-1-2-4-22(19)32)24(33)21(14-29)16-7-11-18(27)12-8-16/h1-12,20-21,32H,(H,31,34)/b30-23-/t20-,21+/m1/s1. The molecule has 0 aliphatic rings. The van der Waals surface area contributed by atoms with Gasteiger partial charge in [-0.2, -0.15) is 15.6 Å². The van der Waals surface area contributed by atoms with Crippen LogP contribution < -0.4 is 5.43 Å². The molecule has 0 bridgehead atoms. The van der Waals surface area contributed by atoms with Crippen molar-refractivity contribution in [1.29, 1.82) is 10.5 Å². The average Bonchev–Trinajstić information content (AvgIpc) is 2.84. The number of nitrogens with zero attached hydrogens (tertiary/aromatic N) is 3. The maximum Gasteiger partial charge on any atom is 0.275 e. The third-order valence-corrected chi connectivity index (χ3v) is 5.94. The van der Waals surface area contributed by atoms with Gasteiger partial charge in [0.05, 0.1) is 17.7 Å². The molecule has 0 aliphatic heterocycles. The van der Waals surface area contributed by atoms with Gasteiger partial charge in [0.25, 0.3) is 5.91 Å². The number of phenolic OH excluding ortho intramolecular Hbond substituents is 1. The summed E-state index contributed by atoms with van der Waals surface area (Å²) in [5.41, 5.74) is 2.77. The number of ketones is 1. The summed E-state index contributed by atoms with van der Waals surface area (Å²) in [4.78, 5) is 26.1. The van der Waals surface area contributed by atoms with Crippen molar-refractivity contribution in [3.8, 4) is 17.9 Å². The van der Waals surface area contributed by atoms with Crippen LogP contribution in [0.3, 0.4) is 0 Å². The van der Waals surface area contributed by atoms with Crippen LogP contribution in [0.1, 0.15) is 33.3 Å². The maximum atomic E-state index is 13.5. The zero-order valence-electron chi connectivity index (χ0n) is 17.4. The van der Waals surface area contributed by atoms with Crippen LogP contribution >= 0.6 is 31.9 Å². The molecule has 0 fully saturated rings. The largest absolute Gasteiger partial charge is 0.507 e. The van der Waals surface area contributed by atoms with E-state index in [4.69, 9.17) is 0 Å². The highest BCUT2D eigenvalue weighted by Gasteiger charge is 2.32. The van der Waals surface area contributed by atoms with E-state index in [1.807, 2.05) is 12.1 Å². The van der Waals surface area contributed by atoms with Crippen molar-refractivity contribution in [3.05, 3.63) is 98.4 Å². The number of hydrogen-bond donors (Lipinski definition) is 2. The zero-order valence-corrected chi connectivity index (χ0v) is 20.6. The van der Waals surface area contributed by atoms with E-state index < -0.39 is 23.5 Å². The van der Waals surface area contributed by atoms with E-state index in [2.05, 4.69) is 42.4 Å². The highest BCUT2D eigenvalue weighted by molar-refractivity contribution is 9.10. The molecule has 2 atom stereocenters. The van der Waals surface area contributed by atoms with Gasteiger partial charge in [0.1, 0.15) is 23.3 Å². The van der Waals surface area contributed by atoms with Crippen LogP contribution in [0.15, 0.2) is 86.8 Å². The lowest BCUT2D eigenvalue weighted by atomic mass is 9.86. The Morgan fingerprint density at radius 1 is 0.824 bits per heavy atom. The molecule has 1 amide bonds. The van der Waals surface area contributed by atoms with E-state index in [1.54, 1.807) is 60.7 Å². The number of aromatic hydroxyl groups is 1. The van der Waals surface area contributed by atoms with Crippen molar-refractivity contribution in [2.24, 2.45) is 5.10 Å². The topological polar surface area (TPSA) is 126 Å². The third kappa shape index (κ3) is 5.76. The molecular formula is C25H16Br2N4O3. The van der Waals surface area contributed by atoms with Crippen molar-refractivity contribution in [3.63, 3.8) is 0 Å². The maximum absolute atomic E-state index is 13.5. The Bertz CT molecular complexity index is 1320. The first-order chi connectivity index (χ1) is 16.3. The Kier molecular flexibility index (Phi) is 8.31. The second-order valence-corrected chi connectivity index (χ2v) is 8.88. The van der Waals surface area contributed by atoms with Gasteiger partial charge < -0.3 is 5.11 Å². The van der Waals surface area contributed by atoms with Crippen LogP contribution in [-0.2, 0) is 4.79 Å². The number of phenols is 1. The van der Waals surface area contributed by atoms with Crippen LogP contribution in [-0.4, -0.2) is 22.5 Å². The van der Waals surface area contributed by atoms with E-state index in [9.17, 15) is 25.2 Å². The minimum atomic E-state index is -1.25. The fourth-order valence-corrected chi connectivity index (χ4v) is 3.66. The first kappa shape index (κ1) is 24.8. The van der Waals surface area contributed by atoms with Crippen molar-refractivity contribution >= 4 is 49.3 Å². The number of rotatable bonds is 7. The quantitative estimate of drug-likeness (QED) is 0.294. The average molecular weight is 580 g/mol. The number of Topliss-reactive ketones (excluding diaryl/α,β-unsaturated/α-hetero) is 1. The minimum Gasteiger partial charge on any atom is -0.507 e. The van der Waals surface area contributed by atoms with E-state index in [0.717, 1.165) is 8.95 Å². The zero-order chi connectivity index (χ0) is 24.7. The molecule has 0 aromatic heterocycles. The molecule has 0 saturated heterocycles. The summed E-state index contributed by atoms with van der Waals surface area (Å²) in [5, 5.41) is 33.6. The monoisotopic (exact) mass is 578 g/mol. The number of benzene rings is 3. The molecule has 7 nitrogen and oxygen atoms in total. The first-order valence-electron chi connectivity index (χ1n) is 9.86. The number of para-hydroxylation sites is 1. The van der Waals surface area contributed by atoms with Gasteiger partial charge in [-0.15, -0.1) is 0 Å². The number of hydrogen-bond acceptors (Lipinski definition) is 6. The van der Waals surface area contributed by atoms with Gasteiger partial charge in [0.2, 0.25) is 5.78 Å². The molecule has 34 heavy (non-hydrogen) atoms. The normalized spacial score (nSPS) is 12.6. The second-order valence-electron chi connectivity index (χ2n) is 7.05. The summed E-state index contributed by atoms with van der Waals surface area (Å²) in [7, 11) is 0. The number of carbonyl (C=O) groups is 2. The molecule has 0 aliphatic carbocycles. The Hall–Kier alpha value is -3.79. The van der Waals surface area contributed by atoms with Gasteiger partial charge >= 0.3 is 0 Å². The number of nitriles is 2. The lowest BCUT2D eigenvalue weighted by Crippen LogP contribution is -2.31. The Morgan fingerprint density at radius 3 is 1.82 bits per heavy atom. The van der Waals surface area contributed by atoms with Crippen molar-refractivity contribution in [2.75, 3.05) is 0 Å². The summed E-state index contributed by atoms with van der Waals surface area (Å²) in [6.45, 7) is 0. The highest BCUT2D eigenvalue weighted by atomic mass is 79.9. The number of carbonyl (C=O) groups excluding carboxylic acids is 2. The molecule has 3 aromatic carbocycles. The molecule has 0 heterocycles. The van der Waals surface area contributed by atoms with Crippen LogP contribution in [0.4, 0.5) is 0 Å². The Labute approximate surface area is 212 Å². The summed E-state index contributed by atoms with van der Waals surface area (Å²) < 4.78 is 1.55. The highest BCUT2D eigenvalue weighted by Crippen LogP contribution is 2.26. The fraction of sp³-hybridized carbons (Fsp3) is 0.0800. The van der Waals surface area contributed by atoms with Gasteiger partial charge in [-0.05, 0) is 47.5 Å². The van der Waals surface area contributed by atoms with E-state index in [1.165, 1.54) is 12.1 Å². The lowest BCUT2D eigenvalue weighted by Gasteiger charge is -2.16. The molecule has 0 radical (unpaired) electrons. The SMILES string of the molecule is N#C[C@H](C(=O)/C(=N\NC(=O)c1ccccc1O)[C@H](C#N)c1ccc(Br)cc1)c1ccc(Br)cc1. The molecule has 0 unspecified atom stereocenters. The summed E-state index contributed by atoms with van der Waals surface area (Å²) in [5.74, 6) is -4.17. The smallest absolute Gasteiger partial charge is 0.275 e. The van der Waals surface area contributed by atoms with E-state index in [0.29, 0.717) is 11.1 Å². The number of hydrazone groups is 1. The first-order valence-corrected chi connectivity index (χ1v) is 11.4. The van der Waals surface area contributed by atoms with Gasteiger partial charge in [-0.3, -0.25) is 9.59 Å². The molecule has 168 valence electrons. The molecular weight excluding hydrogens is 564 g/mol. The summed E-state index contributed by atoms with van der Waals surface area (Å²) in [6.07, 6.45) is 0. The second kappa shape index (κ2) is 11.4. The van der Waals surface area contributed by atoms with Gasteiger partial charge in [0.15, 0.2) is 0 Å². The third-order valence-electron chi connectivity index (χ3n) is 4.88. The minimum absolute atomic E-state index is 0.0556. The number of halogens is 2. The van der Waals surface area contributed by atoms with Crippen molar-refractivity contribution < 1.29 is 14.7 Å². The molecule has 3 rings (SSSR count). The van der Waals surface area contributed by atoms with Crippen molar-refractivity contribution in [2.45, 2.75) is 11.8 Å². The van der Waals surface area contributed by atoms with Gasteiger partial charge in [-0.1, -0.05) is 68.3 Å². The number of amides is 1. The predicted molar refractivity (Wildman–Crippen MR) is 133 cm³/mol. The fourth-order valence-electron chi connectivity index (χ4n) is 3.14. The van der Waals surface area contributed by atoms with Crippen LogP contribution in [0, 0.1) is 22.7 Å². The van der Waals surface area contributed by atoms with Gasteiger partial charge in [0, 0.05) is 8.95 Å². The summed E-state index contributed by atoms with van der Waals surface area (Å²) in [6, 6.07) is 23.2. The van der Waals surface area contributed by atoms with Crippen LogP contribution in [0.25, 0.3) is 0 Å². The Morgan fingerprint density at radius 2 is 1.32 bits per heavy atom. The van der Waals surface area contributed by atoms with Crippen LogP contribution in [0.5, 0.6) is 5.75 Å². The lowest BCUT2D eigenvalue weighted by molar-refractivity contribution is -0.113. The Balaban J connectivity index is 2.04.